The molecule has 0 aromatic rings. The topological polar surface area (TPSA) is 108 Å². The fraction of sp³-hybridized carbons (Fsp3) is 0.783. The number of ether oxygens (including phenoxy) is 2. The van der Waals surface area contributed by atoms with Gasteiger partial charge in [0.15, 0.2) is 6.10 Å². The van der Waals surface area contributed by atoms with Gasteiger partial charge in [-0.25, -0.2) is 4.57 Å². The lowest BCUT2D eigenvalue weighted by atomic mass is 10.1. The van der Waals surface area contributed by atoms with E-state index in [-0.39, 0.29) is 26.1 Å². The van der Waals surface area contributed by atoms with Gasteiger partial charge in [-0.3, -0.25) is 18.6 Å². The van der Waals surface area contributed by atoms with Crippen molar-refractivity contribution in [1.82, 2.24) is 0 Å². The second-order valence-corrected chi connectivity index (χ2v) is 17.5. The van der Waals surface area contributed by atoms with Crippen molar-refractivity contribution < 1.29 is 42.1 Å². The van der Waals surface area contributed by atoms with E-state index in [2.05, 4.69) is 62.5 Å². The summed E-state index contributed by atoms with van der Waals surface area (Å²) in [5.74, 6) is -0.843. The third-order valence-electron chi connectivity index (χ3n) is 9.33. The average Bonchev–Trinajstić information content (AvgIpc) is 3.15. The number of allylic oxidation sites excluding steroid dienone is 8. The molecular weight excluding hydrogens is 725 g/mol. The molecule has 0 saturated carbocycles. The van der Waals surface area contributed by atoms with Crippen LogP contribution in [0.15, 0.2) is 48.6 Å². The fourth-order valence-corrected chi connectivity index (χ4v) is 6.52. The molecule has 0 bridgehead atoms. The van der Waals surface area contributed by atoms with Gasteiger partial charge in [-0.05, 0) is 77.0 Å². The van der Waals surface area contributed by atoms with Crippen LogP contribution in [0, 0.1) is 0 Å². The molecular formula is C46H85NO8P+. The third-order valence-corrected chi connectivity index (χ3v) is 10.3. The second kappa shape index (κ2) is 38.5. The van der Waals surface area contributed by atoms with E-state index in [4.69, 9.17) is 18.5 Å². The lowest BCUT2D eigenvalue weighted by Crippen LogP contribution is -2.37. The summed E-state index contributed by atoms with van der Waals surface area (Å²) in [6, 6.07) is 0. The number of quaternary nitrogens is 1. The third kappa shape index (κ3) is 41.6. The first-order chi connectivity index (χ1) is 27.0. The van der Waals surface area contributed by atoms with Crippen LogP contribution in [0.2, 0.25) is 0 Å². The van der Waals surface area contributed by atoms with Crippen molar-refractivity contribution in [3.63, 3.8) is 0 Å². The van der Waals surface area contributed by atoms with Crippen molar-refractivity contribution in [1.29, 1.82) is 0 Å². The minimum Gasteiger partial charge on any atom is -0.462 e. The monoisotopic (exact) mass is 811 g/mol. The van der Waals surface area contributed by atoms with Gasteiger partial charge in [0.25, 0.3) is 0 Å². The zero-order valence-electron chi connectivity index (χ0n) is 36.6. The number of phosphoric acid groups is 1. The van der Waals surface area contributed by atoms with Crippen molar-refractivity contribution in [2.45, 2.75) is 187 Å². The summed E-state index contributed by atoms with van der Waals surface area (Å²) in [4.78, 5) is 35.4. The van der Waals surface area contributed by atoms with E-state index < -0.39 is 32.5 Å². The number of phosphoric ester groups is 1. The highest BCUT2D eigenvalue weighted by atomic mass is 31.2. The van der Waals surface area contributed by atoms with Crippen LogP contribution >= 0.6 is 7.82 Å². The minimum absolute atomic E-state index is 0.0235. The van der Waals surface area contributed by atoms with Gasteiger partial charge in [0, 0.05) is 12.8 Å². The number of nitrogens with zero attached hydrogens (tertiary/aromatic N) is 1. The molecule has 9 nitrogen and oxygen atoms in total. The lowest BCUT2D eigenvalue weighted by molar-refractivity contribution is -0.870. The number of carbonyl (C=O) groups is 2. The second-order valence-electron chi connectivity index (χ2n) is 16.1. The van der Waals surface area contributed by atoms with E-state index >= 15 is 0 Å². The van der Waals surface area contributed by atoms with E-state index in [1.165, 1.54) is 77.0 Å². The molecule has 326 valence electrons. The Balaban J connectivity index is 4.43. The Morgan fingerprint density at radius 2 is 0.964 bits per heavy atom. The van der Waals surface area contributed by atoms with Gasteiger partial charge in [0.1, 0.15) is 19.8 Å². The SMILES string of the molecule is CCCCC/C=C/C/C=C/C/C=C/CCCCCCC(=O)O[C@H](COC(=O)CCCCC/C=C/CCCCCCCCCC)COP(=O)(O)OCC[N+](C)(C)C. The predicted molar refractivity (Wildman–Crippen MR) is 233 cm³/mol. The van der Waals surface area contributed by atoms with Gasteiger partial charge in [0.2, 0.25) is 0 Å². The van der Waals surface area contributed by atoms with Gasteiger partial charge < -0.3 is 18.9 Å². The van der Waals surface area contributed by atoms with E-state index in [1.807, 2.05) is 21.1 Å². The number of hydrogen-bond donors (Lipinski definition) is 1. The molecule has 0 spiro atoms. The first-order valence-corrected chi connectivity index (χ1v) is 23.9. The molecule has 0 fully saturated rings. The van der Waals surface area contributed by atoms with Crippen LogP contribution in [-0.2, 0) is 32.7 Å². The Hall–Kier alpha value is -2.03. The van der Waals surface area contributed by atoms with Crippen molar-refractivity contribution in [3.05, 3.63) is 48.6 Å². The van der Waals surface area contributed by atoms with Gasteiger partial charge >= 0.3 is 19.8 Å². The van der Waals surface area contributed by atoms with Crippen LogP contribution in [-0.4, -0.2) is 74.9 Å². The Bertz CT molecular complexity index is 1100. The number of carbonyl (C=O) groups excluding carboxylic acids is 2. The molecule has 2 atom stereocenters. The molecule has 1 unspecified atom stereocenters. The maximum Gasteiger partial charge on any atom is 0.472 e. The van der Waals surface area contributed by atoms with Gasteiger partial charge in [-0.15, -0.1) is 0 Å². The number of likely N-dealkylation sites (N-methyl/N-ethyl adjacent to an activating group) is 1. The molecule has 1 N–H and O–H groups in total. The van der Waals surface area contributed by atoms with Crippen LogP contribution in [0.5, 0.6) is 0 Å². The summed E-state index contributed by atoms with van der Waals surface area (Å²) >= 11 is 0. The summed E-state index contributed by atoms with van der Waals surface area (Å²) in [5.41, 5.74) is 0. The summed E-state index contributed by atoms with van der Waals surface area (Å²) in [6.07, 6.45) is 44.4. The molecule has 0 aliphatic rings. The lowest BCUT2D eigenvalue weighted by Gasteiger charge is -2.24. The minimum atomic E-state index is -4.38. The predicted octanol–water partition coefficient (Wildman–Crippen LogP) is 12.7. The maximum atomic E-state index is 12.7. The standard InChI is InChI=1S/C46H84NO8P/c1-6-8-10-12-14-16-18-20-22-23-25-27-29-31-33-35-37-39-46(49)55-44(43-54-56(50,51)53-41-40-47(3,4)5)42-52-45(48)38-36-34-32-30-28-26-24-21-19-17-15-13-11-9-7-2/h14,16,20,22,25-28,44H,6-13,15,17-19,21,23-24,29-43H2,1-5H3/p+1/b16-14+,22-20+,27-25+,28-26+/t44-/m1/s1. The van der Waals surface area contributed by atoms with E-state index in [1.54, 1.807) is 0 Å². The van der Waals surface area contributed by atoms with Gasteiger partial charge in [-0.2, -0.15) is 0 Å². The van der Waals surface area contributed by atoms with Crippen LogP contribution in [0.4, 0.5) is 0 Å². The molecule has 56 heavy (non-hydrogen) atoms. The Kier molecular flexibility index (Phi) is 37.1. The number of rotatable bonds is 40. The average molecular weight is 811 g/mol. The van der Waals surface area contributed by atoms with Crippen molar-refractivity contribution in [2.75, 3.05) is 47.5 Å². The summed E-state index contributed by atoms with van der Waals surface area (Å²) in [7, 11) is 1.45. The van der Waals surface area contributed by atoms with Crippen molar-refractivity contribution in [3.8, 4) is 0 Å². The molecule has 0 aromatic heterocycles. The molecule has 0 aromatic carbocycles. The highest BCUT2D eigenvalue weighted by Gasteiger charge is 2.27. The fourth-order valence-electron chi connectivity index (χ4n) is 5.78. The first kappa shape index (κ1) is 54.0. The molecule has 0 radical (unpaired) electrons. The highest BCUT2D eigenvalue weighted by molar-refractivity contribution is 7.47. The number of unbranched alkanes of at least 4 members (excludes halogenated alkanes) is 18. The number of hydrogen-bond acceptors (Lipinski definition) is 7. The van der Waals surface area contributed by atoms with E-state index in [0.717, 1.165) is 64.2 Å². The van der Waals surface area contributed by atoms with E-state index in [0.29, 0.717) is 23.9 Å². The Labute approximate surface area is 343 Å². The van der Waals surface area contributed by atoms with Crippen LogP contribution in [0.1, 0.15) is 181 Å². The molecule has 0 aliphatic heterocycles. The first-order valence-electron chi connectivity index (χ1n) is 22.4. The van der Waals surface area contributed by atoms with Crippen molar-refractivity contribution in [2.24, 2.45) is 0 Å². The quantitative estimate of drug-likeness (QED) is 0.0214. The molecule has 10 heteroatoms. The zero-order chi connectivity index (χ0) is 41.4. The molecule has 0 amide bonds. The summed E-state index contributed by atoms with van der Waals surface area (Å²) in [5, 5.41) is 0. The summed E-state index contributed by atoms with van der Waals surface area (Å²) < 4.78 is 34.3. The highest BCUT2D eigenvalue weighted by Crippen LogP contribution is 2.43. The van der Waals surface area contributed by atoms with Crippen molar-refractivity contribution >= 4 is 19.8 Å². The Morgan fingerprint density at radius 1 is 0.554 bits per heavy atom. The molecule has 0 saturated heterocycles. The van der Waals surface area contributed by atoms with Crippen LogP contribution < -0.4 is 0 Å². The molecule has 0 aliphatic carbocycles. The smallest absolute Gasteiger partial charge is 0.462 e. The normalized spacial score (nSPS) is 14.0. The number of esters is 2. The van der Waals surface area contributed by atoms with Crippen LogP contribution in [0.25, 0.3) is 0 Å². The molecule has 0 rings (SSSR count). The summed E-state index contributed by atoms with van der Waals surface area (Å²) in [6.45, 7) is 4.34. The zero-order valence-corrected chi connectivity index (χ0v) is 37.5. The molecule has 0 heterocycles. The van der Waals surface area contributed by atoms with Gasteiger partial charge in [0.05, 0.1) is 27.7 Å². The Morgan fingerprint density at radius 3 is 1.50 bits per heavy atom. The van der Waals surface area contributed by atoms with Gasteiger partial charge in [-0.1, -0.05) is 140 Å². The maximum absolute atomic E-state index is 12.7. The van der Waals surface area contributed by atoms with Crippen LogP contribution in [0.3, 0.4) is 0 Å². The largest absolute Gasteiger partial charge is 0.472 e. The van der Waals surface area contributed by atoms with E-state index in [9.17, 15) is 19.0 Å².